The molecule has 0 aliphatic carbocycles. The van der Waals surface area contributed by atoms with E-state index in [1.807, 2.05) is 0 Å². The van der Waals surface area contributed by atoms with E-state index in [4.69, 9.17) is 0 Å². The molecule has 0 bridgehead atoms. The molecule has 12 aromatic carbocycles. The molecule has 0 fully saturated rings. The van der Waals surface area contributed by atoms with Gasteiger partial charge in [-0.3, -0.25) is 0 Å². The molecule has 0 atom stereocenters. The Labute approximate surface area is 336 Å². The third-order valence-electron chi connectivity index (χ3n) is 12.4. The minimum atomic E-state index is 1.22. The van der Waals surface area contributed by atoms with Crippen molar-refractivity contribution in [2.75, 3.05) is 0 Å². The maximum Gasteiger partial charge on any atom is -0.00259 e. The maximum atomic E-state index is 2.46. The zero-order valence-corrected chi connectivity index (χ0v) is 31.8. The fourth-order valence-corrected chi connectivity index (χ4v) is 9.64. The third kappa shape index (κ3) is 5.16. The minimum absolute atomic E-state index is 1.22. The standard InChI is InChI=1S/C58H36/c1-2-15-42-33-45(27-23-37(42)11-1)57-52-31-29-44(51-22-10-17-39-13-4-7-19-48(39)51)35-56(52)58(46-28-26-41-25-24-40-14-5-8-20-49(40)54(41)36-46)53-32-30-43(34-55(53)57)50-21-9-16-38-12-3-6-18-47(38)50/h1-36H. The Bertz CT molecular complexity index is 3610. The van der Waals surface area contributed by atoms with Crippen LogP contribution < -0.4 is 0 Å². The number of hydrogen-bond acceptors (Lipinski definition) is 0. The van der Waals surface area contributed by atoms with Crippen LogP contribution in [0.3, 0.4) is 0 Å². The largest absolute Gasteiger partial charge is 0.0616 e. The van der Waals surface area contributed by atoms with Gasteiger partial charge >= 0.3 is 0 Å². The number of benzene rings is 12. The molecule has 0 saturated heterocycles. The third-order valence-corrected chi connectivity index (χ3v) is 12.4. The van der Waals surface area contributed by atoms with Crippen LogP contribution in [0.15, 0.2) is 218 Å². The highest BCUT2D eigenvalue weighted by atomic mass is 14.2. The van der Waals surface area contributed by atoms with Crippen molar-refractivity contribution in [1.82, 2.24) is 0 Å². The van der Waals surface area contributed by atoms with Gasteiger partial charge in [0.25, 0.3) is 0 Å². The Morgan fingerprint density at radius 2 is 0.552 bits per heavy atom. The second-order valence-electron chi connectivity index (χ2n) is 15.6. The second kappa shape index (κ2) is 13.0. The molecular weight excluding hydrogens is 697 g/mol. The van der Waals surface area contributed by atoms with Gasteiger partial charge in [-0.05, 0) is 144 Å². The van der Waals surface area contributed by atoms with Crippen molar-refractivity contribution in [1.29, 1.82) is 0 Å². The minimum Gasteiger partial charge on any atom is -0.0616 e. The van der Waals surface area contributed by atoms with Crippen molar-refractivity contribution in [3.63, 3.8) is 0 Å². The van der Waals surface area contributed by atoms with Crippen LogP contribution in [0.4, 0.5) is 0 Å². The van der Waals surface area contributed by atoms with Gasteiger partial charge < -0.3 is 0 Å². The highest BCUT2D eigenvalue weighted by Gasteiger charge is 2.20. The zero-order valence-electron chi connectivity index (χ0n) is 31.8. The summed E-state index contributed by atoms with van der Waals surface area (Å²) in [6.07, 6.45) is 0. The van der Waals surface area contributed by atoms with E-state index in [0.29, 0.717) is 0 Å². The zero-order chi connectivity index (χ0) is 38.2. The normalized spacial score (nSPS) is 11.8. The predicted octanol–water partition coefficient (Wildman–Crippen LogP) is 16.4. The summed E-state index contributed by atoms with van der Waals surface area (Å²) in [5.41, 5.74) is 9.88. The lowest BCUT2D eigenvalue weighted by Crippen LogP contribution is -1.93. The Kier molecular flexibility index (Phi) is 7.33. The smallest absolute Gasteiger partial charge is 0.00259 e. The van der Waals surface area contributed by atoms with Gasteiger partial charge in [0, 0.05) is 0 Å². The molecule has 0 spiro atoms. The first kappa shape index (κ1) is 32.7. The number of hydrogen-bond donors (Lipinski definition) is 0. The summed E-state index contributed by atoms with van der Waals surface area (Å²) in [6.45, 7) is 0. The van der Waals surface area contributed by atoms with Crippen LogP contribution in [0.25, 0.3) is 120 Å². The van der Waals surface area contributed by atoms with E-state index in [-0.39, 0.29) is 0 Å². The van der Waals surface area contributed by atoms with Crippen molar-refractivity contribution >= 4 is 75.4 Å². The van der Waals surface area contributed by atoms with Gasteiger partial charge in [-0.25, -0.2) is 0 Å². The lowest BCUT2D eigenvalue weighted by Gasteiger charge is -2.21. The lowest BCUT2D eigenvalue weighted by molar-refractivity contribution is 1.65. The van der Waals surface area contributed by atoms with Gasteiger partial charge in [-0.1, -0.05) is 194 Å². The molecule has 58 heavy (non-hydrogen) atoms. The predicted molar refractivity (Wildman–Crippen MR) is 251 cm³/mol. The summed E-state index contributed by atoms with van der Waals surface area (Å²) in [7, 11) is 0. The highest BCUT2D eigenvalue weighted by Crippen LogP contribution is 2.48. The molecule has 0 unspecified atom stereocenters. The van der Waals surface area contributed by atoms with E-state index in [2.05, 4.69) is 218 Å². The first-order valence-electron chi connectivity index (χ1n) is 20.2. The molecule has 0 amide bonds. The van der Waals surface area contributed by atoms with E-state index in [9.17, 15) is 0 Å². The number of rotatable bonds is 4. The Morgan fingerprint density at radius 1 is 0.172 bits per heavy atom. The van der Waals surface area contributed by atoms with Crippen LogP contribution in [-0.2, 0) is 0 Å². The van der Waals surface area contributed by atoms with Gasteiger partial charge in [0.2, 0.25) is 0 Å². The van der Waals surface area contributed by atoms with Crippen molar-refractivity contribution < 1.29 is 0 Å². The molecule has 0 aliphatic heterocycles. The molecule has 12 aromatic rings. The molecule has 0 heterocycles. The van der Waals surface area contributed by atoms with E-state index in [1.165, 1.54) is 120 Å². The summed E-state index contributed by atoms with van der Waals surface area (Å²) in [5.74, 6) is 0. The van der Waals surface area contributed by atoms with Gasteiger partial charge in [-0.2, -0.15) is 0 Å². The Balaban J connectivity index is 1.24. The van der Waals surface area contributed by atoms with Gasteiger partial charge in [0.05, 0.1) is 0 Å². The molecule has 0 saturated carbocycles. The Morgan fingerprint density at radius 3 is 1.14 bits per heavy atom. The van der Waals surface area contributed by atoms with Crippen LogP contribution in [-0.4, -0.2) is 0 Å². The van der Waals surface area contributed by atoms with Crippen LogP contribution in [0.5, 0.6) is 0 Å². The molecular formula is C58H36. The monoisotopic (exact) mass is 732 g/mol. The summed E-state index contributed by atoms with van der Waals surface area (Å²) >= 11 is 0. The average molecular weight is 733 g/mol. The van der Waals surface area contributed by atoms with Crippen molar-refractivity contribution in [2.45, 2.75) is 0 Å². The van der Waals surface area contributed by atoms with Crippen LogP contribution in [0.2, 0.25) is 0 Å². The average Bonchev–Trinajstić information content (AvgIpc) is 3.29. The van der Waals surface area contributed by atoms with E-state index >= 15 is 0 Å². The summed E-state index contributed by atoms with van der Waals surface area (Å²) in [6, 6.07) is 81.2. The second-order valence-corrected chi connectivity index (χ2v) is 15.6. The topological polar surface area (TPSA) is 0 Å². The van der Waals surface area contributed by atoms with E-state index in [0.717, 1.165) is 0 Å². The summed E-state index contributed by atoms with van der Waals surface area (Å²) < 4.78 is 0. The van der Waals surface area contributed by atoms with Crippen LogP contribution in [0, 0.1) is 0 Å². The van der Waals surface area contributed by atoms with Crippen molar-refractivity contribution in [2.24, 2.45) is 0 Å². The molecule has 0 aliphatic rings. The molecule has 0 radical (unpaired) electrons. The molecule has 268 valence electrons. The molecule has 0 N–H and O–H groups in total. The fraction of sp³-hybridized carbons (Fsp3) is 0. The first-order chi connectivity index (χ1) is 28.7. The van der Waals surface area contributed by atoms with E-state index in [1.54, 1.807) is 0 Å². The molecule has 12 rings (SSSR count). The Hall–Kier alpha value is -7.54. The van der Waals surface area contributed by atoms with E-state index < -0.39 is 0 Å². The highest BCUT2D eigenvalue weighted by molar-refractivity contribution is 6.24. The molecule has 0 nitrogen and oxygen atoms in total. The summed E-state index contributed by atoms with van der Waals surface area (Å²) in [4.78, 5) is 0. The SMILES string of the molecule is c1ccc2cc(-c3c4ccc(-c5cccc6ccccc56)cc4c(-c4ccc5ccc6ccccc6c5c4)c4ccc(-c5cccc6ccccc56)cc34)ccc2c1. The van der Waals surface area contributed by atoms with Crippen LogP contribution >= 0.6 is 0 Å². The van der Waals surface area contributed by atoms with Gasteiger partial charge in [0.15, 0.2) is 0 Å². The van der Waals surface area contributed by atoms with Gasteiger partial charge in [-0.15, -0.1) is 0 Å². The summed E-state index contributed by atoms with van der Waals surface area (Å²) in [5, 5.41) is 17.5. The van der Waals surface area contributed by atoms with Crippen molar-refractivity contribution in [3.8, 4) is 44.5 Å². The molecule has 0 aromatic heterocycles. The molecule has 0 heteroatoms. The van der Waals surface area contributed by atoms with Crippen LogP contribution in [0.1, 0.15) is 0 Å². The first-order valence-corrected chi connectivity index (χ1v) is 20.2. The van der Waals surface area contributed by atoms with Gasteiger partial charge in [0.1, 0.15) is 0 Å². The number of fused-ring (bicyclic) bond motifs is 8. The maximum absolute atomic E-state index is 2.46. The quantitative estimate of drug-likeness (QED) is 0.125. The van der Waals surface area contributed by atoms with Crippen molar-refractivity contribution in [3.05, 3.63) is 218 Å². The lowest BCUT2D eigenvalue weighted by atomic mass is 9.82. The fourth-order valence-electron chi connectivity index (χ4n) is 9.64.